The SMILES string of the molecule is CONC(=O)c1cn(C)c(Br)n1. The minimum Gasteiger partial charge on any atom is -0.328 e. The van der Waals surface area contributed by atoms with Gasteiger partial charge >= 0.3 is 0 Å². The van der Waals surface area contributed by atoms with Crippen molar-refractivity contribution in [3.8, 4) is 0 Å². The molecule has 0 aromatic carbocycles. The van der Waals surface area contributed by atoms with Crippen LogP contribution in [-0.4, -0.2) is 22.6 Å². The normalized spacial score (nSPS) is 9.92. The van der Waals surface area contributed by atoms with Crippen LogP contribution in [0.5, 0.6) is 0 Å². The zero-order valence-corrected chi connectivity index (χ0v) is 8.25. The summed E-state index contributed by atoms with van der Waals surface area (Å²) >= 11 is 3.17. The number of aryl methyl sites for hydroxylation is 1. The number of amides is 1. The van der Waals surface area contributed by atoms with E-state index in [4.69, 9.17) is 0 Å². The molecular weight excluding hydrogens is 226 g/mol. The Labute approximate surface area is 77.8 Å². The summed E-state index contributed by atoms with van der Waals surface area (Å²) in [6, 6.07) is 0. The Kier molecular flexibility index (Phi) is 2.83. The molecule has 0 aliphatic rings. The first kappa shape index (κ1) is 9.21. The van der Waals surface area contributed by atoms with Crippen molar-refractivity contribution in [3.63, 3.8) is 0 Å². The van der Waals surface area contributed by atoms with Gasteiger partial charge in [0, 0.05) is 13.2 Å². The highest BCUT2D eigenvalue weighted by Crippen LogP contribution is 2.07. The lowest BCUT2D eigenvalue weighted by atomic mass is 10.5. The molecule has 66 valence electrons. The summed E-state index contributed by atoms with van der Waals surface area (Å²) in [4.78, 5) is 19.4. The van der Waals surface area contributed by atoms with Gasteiger partial charge in [-0.25, -0.2) is 10.5 Å². The zero-order valence-electron chi connectivity index (χ0n) is 6.67. The number of hydroxylamine groups is 1. The van der Waals surface area contributed by atoms with E-state index in [0.717, 1.165) is 0 Å². The quantitative estimate of drug-likeness (QED) is 0.757. The summed E-state index contributed by atoms with van der Waals surface area (Å²) in [5.41, 5.74) is 2.48. The predicted octanol–water partition coefficient (Wildman–Crippen LogP) is 0.474. The highest BCUT2D eigenvalue weighted by molar-refractivity contribution is 9.10. The van der Waals surface area contributed by atoms with E-state index in [-0.39, 0.29) is 5.91 Å². The Hall–Kier alpha value is -0.880. The van der Waals surface area contributed by atoms with Gasteiger partial charge in [0.2, 0.25) is 0 Å². The van der Waals surface area contributed by atoms with Crippen LogP contribution in [0.3, 0.4) is 0 Å². The predicted molar refractivity (Wildman–Crippen MR) is 45.4 cm³/mol. The van der Waals surface area contributed by atoms with Crippen molar-refractivity contribution in [1.29, 1.82) is 0 Å². The molecule has 0 radical (unpaired) electrons. The fourth-order valence-electron chi connectivity index (χ4n) is 0.698. The topological polar surface area (TPSA) is 56.1 Å². The van der Waals surface area contributed by atoms with Crippen LogP contribution in [0.4, 0.5) is 0 Å². The third kappa shape index (κ3) is 1.83. The van der Waals surface area contributed by atoms with Gasteiger partial charge in [-0.05, 0) is 15.9 Å². The van der Waals surface area contributed by atoms with E-state index in [9.17, 15) is 4.79 Å². The molecule has 0 spiro atoms. The Morgan fingerprint density at radius 2 is 2.50 bits per heavy atom. The molecule has 5 nitrogen and oxygen atoms in total. The maximum absolute atomic E-state index is 11.1. The molecule has 1 aromatic heterocycles. The van der Waals surface area contributed by atoms with Crippen molar-refractivity contribution in [2.45, 2.75) is 0 Å². The number of rotatable bonds is 2. The largest absolute Gasteiger partial charge is 0.328 e. The summed E-state index contributed by atoms with van der Waals surface area (Å²) < 4.78 is 2.29. The molecule has 6 heteroatoms. The van der Waals surface area contributed by atoms with Gasteiger partial charge in [0.05, 0.1) is 7.11 Å². The van der Waals surface area contributed by atoms with Crippen LogP contribution in [0.15, 0.2) is 10.9 Å². The molecule has 0 fully saturated rings. The monoisotopic (exact) mass is 233 g/mol. The number of carbonyl (C=O) groups is 1. The molecule has 1 heterocycles. The van der Waals surface area contributed by atoms with Crippen LogP contribution in [0.25, 0.3) is 0 Å². The van der Waals surface area contributed by atoms with Crippen LogP contribution in [0.1, 0.15) is 10.5 Å². The number of carbonyl (C=O) groups excluding carboxylic acids is 1. The van der Waals surface area contributed by atoms with E-state index in [1.54, 1.807) is 17.8 Å². The van der Waals surface area contributed by atoms with Crippen LogP contribution >= 0.6 is 15.9 Å². The van der Waals surface area contributed by atoms with Gasteiger partial charge in [-0.3, -0.25) is 9.63 Å². The van der Waals surface area contributed by atoms with Crippen molar-refractivity contribution in [3.05, 3.63) is 16.6 Å². The molecule has 0 atom stereocenters. The summed E-state index contributed by atoms with van der Waals surface area (Å²) in [5, 5.41) is 0. The molecule has 1 aromatic rings. The number of imidazole rings is 1. The van der Waals surface area contributed by atoms with Gasteiger partial charge in [0.15, 0.2) is 4.73 Å². The van der Waals surface area contributed by atoms with E-state index in [0.29, 0.717) is 10.4 Å². The first-order chi connectivity index (χ1) is 5.65. The highest BCUT2D eigenvalue weighted by Gasteiger charge is 2.10. The van der Waals surface area contributed by atoms with Crippen molar-refractivity contribution in [2.24, 2.45) is 7.05 Å². The molecule has 0 saturated heterocycles. The summed E-state index contributed by atoms with van der Waals surface area (Å²) in [7, 11) is 3.15. The van der Waals surface area contributed by atoms with Crippen LogP contribution in [0.2, 0.25) is 0 Å². The molecule has 0 saturated carbocycles. The molecule has 0 bridgehead atoms. The van der Waals surface area contributed by atoms with Crippen molar-refractivity contribution >= 4 is 21.8 Å². The van der Waals surface area contributed by atoms with E-state index >= 15 is 0 Å². The second kappa shape index (κ2) is 3.68. The Morgan fingerprint density at radius 1 is 1.83 bits per heavy atom. The van der Waals surface area contributed by atoms with Crippen LogP contribution in [-0.2, 0) is 11.9 Å². The summed E-state index contributed by atoms with van der Waals surface area (Å²) in [6.07, 6.45) is 1.60. The molecule has 1 rings (SSSR count). The molecule has 0 unspecified atom stereocenters. The lowest BCUT2D eigenvalue weighted by Gasteiger charge is -1.95. The first-order valence-electron chi connectivity index (χ1n) is 3.17. The maximum atomic E-state index is 11.1. The van der Waals surface area contributed by atoms with Crippen LogP contribution in [0, 0.1) is 0 Å². The summed E-state index contributed by atoms with van der Waals surface area (Å²) in [6.45, 7) is 0. The fraction of sp³-hybridized carbons (Fsp3) is 0.333. The Bertz CT molecular complexity index is 277. The lowest BCUT2D eigenvalue weighted by molar-refractivity contribution is 0.0532. The van der Waals surface area contributed by atoms with Gasteiger partial charge in [0.25, 0.3) is 5.91 Å². The average molecular weight is 234 g/mol. The summed E-state index contributed by atoms with van der Waals surface area (Å²) in [5.74, 6) is -0.362. The van der Waals surface area contributed by atoms with Gasteiger partial charge in [-0.15, -0.1) is 0 Å². The molecule has 1 N–H and O–H groups in total. The number of nitrogens with one attached hydrogen (secondary N) is 1. The fourth-order valence-corrected chi connectivity index (χ4v) is 0.992. The minimum atomic E-state index is -0.362. The van der Waals surface area contributed by atoms with E-state index in [1.807, 2.05) is 0 Å². The molecule has 0 aliphatic heterocycles. The molecular formula is C6H8BrN3O2. The standard InChI is InChI=1S/C6H8BrN3O2/c1-10-3-4(8-6(10)7)5(11)9-12-2/h3H,1-2H3,(H,9,11). The maximum Gasteiger partial charge on any atom is 0.295 e. The lowest BCUT2D eigenvalue weighted by Crippen LogP contribution is -2.22. The number of hydrogen-bond acceptors (Lipinski definition) is 3. The molecule has 1 amide bonds. The molecule has 0 aliphatic carbocycles. The minimum absolute atomic E-state index is 0.311. The smallest absolute Gasteiger partial charge is 0.295 e. The molecule has 12 heavy (non-hydrogen) atoms. The second-order valence-corrected chi connectivity index (χ2v) is 2.85. The average Bonchev–Trinajstić information content (AvgIpc) is 2.33. The van der Waals surface area contributed by atoms with Crippen molar-refractivity contribution in [2.75, 3.05) is 7.11 Å². The zero-order chi connectivity index (χ0) is 9.14. The second-order valence-electron chi connectivity index (χ2n) is 2.14. The van der Waals surface area contributed by atoms with Gasteiger partial charge in [0.1, 0.15) is 5.69 Å². The highest BCUT2D eigenvalue weighted by atomic mass is 79.9. The Balaban J connectivity index is 2.82. The van der Waals surface area contributed by atoms with Gasteiger partial charge in [-0.2, -0.15) is 0 Å². The first-order valence-corrected chi connectivity index (χ1v) is 3.96. The third-order valence-corrected chi connectivity index (χ3v) is 1.98. The Morgan fingerprint density at radius 3 is 2.92 bits per heavy atom. The van der Waals surface area contributed by atoms with Gasteiger partial charge in [-0.1, -0.05) is 0 Å². The van der Waals surface area contributed by atoms with E-state index in [1.165, 1.54) is 7.11 Å². The van der Waals surface area contributed by atoms with Gasteiger partial charge < -0.3 is 4.57 Å². The number of halogens is 1. The van der Waals surface area contributed by atoms with Crippen molar-refractivity contribution < 1.29 is 9.63 Å². The number of aromatic nitrogens is 2. The van der Waals surface area contributed by atoms with E-state index < -0.39 is 0 Å². The van der Waals surface area contributed by atoms with E-state index in [2.05, 4.69) is 31.2 Å². The third-order valence-electron chi connectivity index (χ3n) is 1.25. The number of hydrogen-bond donors (Lipinski definition) is 1. The van der Waals surface area contributed by atoms with Crippen molar-refractivity contribution in [1.82, 2.24) is 15.0 Å². The number of nitrogens with zero attached hydrogens (tertiary/aromatic N) is 2. The van der Waals surface area contributed by atoms with Crippen LogP contribution < -0.4 is 5.48 Å².